The molecular weight excluding hydrogens is 206 g/mol. The molecule has 38 valence electrons. The van der Waals surface area contributed by atoms with Crippen LogP contribution in [0.2, 0.25) is 0 Å². The first kappa shape index (κ1) is 15.7. The molecule has 0 rings (SSSR count). The van der Waals surface area contributed by atoms with Gasteiger partial charge in [0.1, 0.15) is 0 Å². The average molecular weight is 210 g/mol. The Kier molecular flexibility index (Phi) is 85.0. The number of rotatable bonds is 0. The van der Waals surface area contributed by atoms with Crippen molar-refractivity contribution < 1.29 is 35.2 Å². The Labute approximate surface area is 65.9 Å². The number of hydrogen-bond acceptors (Lipinski definition) is 2. The number of hydrogen-bond donors (Lipinski definition) is 1. The molecule has 2 nitrogen and oxygen atoms in total. The third-order valence-electron chi connectivity index (χ3n) is 0. The van der Waals surface area contributed by atoms with Crippen LogP contribution in [0.1, 0.15) is 0 Å². The zero-order valence-electron chi connectivity index (χ0n) is 3.11. The smallest absolute Gasteiger partial charge is 0.0832 e. The fourth-order valence-electron chi connectivity index (χ4n) is 0. The van der Waals surface area contributed by atoms with Crippen molar-refractivity contribution in [3.8, 4) is 0 Å². The molecule has 0 radical (unpaired) electrons. The van der Waals surface area contributed by atoms with E-state index in [1.807, 2.05) is 0 Å². The molecule has 0 bridgehead atoms. The van der Waals surface area contributed by atoms with Crippen molar-refractivity contribution in [2.75, 3.05) is 7.11 Å². The third-order valence-corrected chi connectivity index (χ3v) is 0. The summed E-state index contributed by atoms with van der Waals surface area (Å²) in [6, 6.07) is 0. The van der Waals surface area contributed by atoms with Gasteiger partial charge in [0.25, 0.3) is 0 Å². The van der Waals surface area contributed by atoms with Gasteiger partial charge in [-0.2, -0.15) is 3.84 Å². The first-order valence-corrected chi connectivity index (χ1v) is 1.37. The van der Waals surface area contributed by atoms with Crippen molar-refractivity contribution in [1.82, 2.24) is 0 Å². The van der Waals surface area contributed by atoms with Crippen LogP contribution in [0.15, 0.2) is 0 Å². The van der Waals surface area contributed by atoms with Crippen molar-refractivity contribution in [1.29, 1.82) is 0 Å². The van der Waals surface area contributed by atoms with E-state index in [9.17, 15) is 0 Å². The van der Waals surface area contributed by atoms with Gasteiger partial charge in [-0.1, -0.05) is 0 Å². The maximum atomic E-state index is 7.00. The van der Waals surface area contributed by atoms with Crippen LogP contribution < -0.4 is 0 Å². The van der Waals surface area contributed by atoms with Gasteiger partial charge in [0, 0.05) is 33.3 Å². The minimum Gasteiger partial charge on any atom is -0.400 e. The molecule has 0 heterocycles. The molecule has 0 atom stereocenters. The Balaban J connectivity index is -0.0000000275. The Morgan fingerprint density at radius 1 is 1.33 bits per heavy atom. The summed E-state index contributed by atoms with van der Waals surface area (Å²) in [6.07, 6.45) is 0. The van der Waals surface area contributed by atoms with E-state index in [1.54, 1.807) is 0 Å². The summed E-state index contributed by atoms with van der Waals surface area (Å²) < 4.78 is 3.19. The quantitative estimate of drug-likeness (QED) is 0.644. The predicted molar refractivity (Wildman–Crippen MR) is 20.9 cm³/mol. The summed E-state index contributed by atoms with van der Waals surface area (Å²) in [7, 11) is 1.00. The summed E-state index contributed by atoms with van der Waals surface area (Å²) in [6.45, 7) is 0. The molecule has 0 aromatic heterocycles. The van der Waals surface area contributed by atoms with E-state index in [4.69, 9.17) is 5.11 Å². The fraction of sp³-hybridized carbons (Fsp3) is 1.00. The van der Waals surface area contributed by atoms with Crippen molar-refractivity contribution >= 4 is 23.7 Å². The van der Waals surface area contributed by atoms with Crippen LogP contribution >= 0.6 is 23.7 Å². The van der Waals surface area contributed by atoms with Crippen LogP contribution in [0, 0.1) is 0 Å². The second-order valence-corrected chi connectivity index (χ2v) is 0.525. The largest absolute Gasteiger partial charge is 0.400 e. The van der Waals surface area contributed by atoms with Crippen LogP contribution in [0.3, 0.4) is 0 Å². The summed E-state index contributed by atoms with van der Waals surface area (Å²) in [5.41, 5.74) is 0. The number of halogens is 2. The fourth-order valence-corrected chi connectivity index (χ4v) is 0. The van der Waals surface area contributed by atoms with Crippen LogP contribution in [0.4, 0.5) is 0 Å². The van der Waals surface area contributed by atoms with Gasteiger partial charge < -0.3 is 5.11 Å². The zero-order chi connectivity index (χ0) is 4.71. The molecule has 0 spiro atoms. The van der Waals surface area contributed by atoms with Crippen molar-refractivity contribution in [3.63, 3.8) is 0 Å². The van der Waals surface area contributed by atoms with Gasteiger partial charge in [-0.05, 0) is 0 Å². The summed E-state index contributed by atoms with van der Waals surface area (Å²) >= 11 is 8.53. The van der Waals surface area contributed by atoms with Crippen molar-refractivity contribution in [3.05, 3.63) is 0 Å². The molecule has 0 saturated heterocycles. The van der Waals surface area contributed by atoms with Gasteiger partial charge in [-0.25, -0.2) is 0 Å². The van der Waals surface area contributed by atoms with E-state index >= 15 is 0 Å². The number of aliphatic hydroxyl groups excluding tert-OH is 1. The van der Waals surface area contributed by atoms with Crippen molar-refractivity contribution in [2.45, 2.75) is 0 Å². The summed E-state index contributed by atoms with van der Waals surface area (Å²) in [5, 5.41) is 7.00. The Morgan fingerprint density at radius 2 is 1.33 bits per heavy atom. The van der Waals surface area contributed by atoms with Gasteiger partial charge >= 0.3 is 0 Å². The van der Waals surface area contributed by atoms with Gasteiger partial charge in [0.05, 0.1) is 23.7 Å². The summed E-state index contributed by atoms with van der Waals surface area (Å²) in [4.78, 5) is 0. The molecule has 0 amide bonds. The first-order valence-electron chi connectivity index (χ1n) is 0.756. The first-order chi connectivity index (χ1) is 2.41. The Hall–Kier alpha value is 1.38. The van der Waals surface area contributed by atoms with E-state index in [0.717, 1.165) is 7.11 Å². The minimum absolute atomic E-state index is 0. The minimum atomic E-state index is 0. The third kappa shape index (κ3) is 54.1. The molecule has 6 heavy (non-hydrogen) atoms. The zero-order valence-corrected chi connectivity index (χ0v) is 7.08. The van der Waals surface area contributed by atoms with E-state index in [-0.39, 0.29) is 26.2 Å². The van der Waals surface area contributed by atoms with E-state index in [2.05, 4.69) is 27.6 Å². The average Bonchev–Trinajstić information content (AvgIpc) is 1.46. The molecule has 0 unspecified atom stereocenters. The maximum Gasteiger partial charge on any atom is 0.0832 e. The molecule has 0 aliphatic heterocycles. The SMILES string of the molecule is CO.ClOCl.[Zr]. The van der Waals surface area contributed by atoms with Crippen LogP contribution in [-0.4, -0.2) is 12.2 Å². The van der Waals surface area contributed by atoms with Crippen LogP contribution in [0.5, 0.6) is 0 Å². The molecule has 1 N–H and O–H groups in total. The predicted octanol–water partition coefficient (Wildman–Crippen LogP) is 0.917. The Bertz CT molecular complexity index is 11.5. The van der Waals surface area contributed by atoms with Crippen LogP contribution in [0.25, 0.3) is 0 Å². The van der Waals surface area contributed by atoms with Crippen molar-refractivity contribution in [2.24, 2.45) is 0 Å². The standard InChI is InChI=1S/CH4O.Cl2O.Zr/c1-2;1-3-2;/h2H,1H3;;. The van der Waals surface area contributed by atoms with Gasteiger partial charge in [0.2, 0.25) is 0 Å². The molecule has 0 aromatic rings. The van der Waals surface area contributed by atoms with Gasteiger partial charge in [0.15, 0.2) is 0 Å². The monoisotopic (exact) mass is 208 g/mol. The molecule has 0 aliphatic rings. The van der Waals surface area contributed by atoms with E-state index in [1.165, 1.54) is 0 Å². The van der Waals surface area contributed by atoms with Gasteiger partial charge in [-0.15, -0.1) is 0 Å². The molecular formula is CH4Cl2O2Zr. The Morgan fingerprint density at radius 3 is 1.33 bits per heavy atom. The molecule has 0 fully saturated rings. The molecule has 0 aromatic carbocycles. The normalized spacial score (nSPS) is 4.00. The van der Waals surface area contributed by atoms with E-state index < -0.39 is 0 Å². The molecule has 0 aliphatic carbocycles. The second kappa shape index (κ2) is 32.6. The summed E-state index contributed by atoms with van der Waals surface area (Å²) in [5.74, 6) is 0. The van der Waals surface area contributed by atoms with Crippen LogP contribution in [-0.2, 0) is 30.0 Å². The topological polar surface area (TPSA) is 29.5 Å². The number of aliphatic hydroxyl groups is 1. The van der Waals surface area contributed by atoms with E-state index in [0.29, 0.717) is 0 Å². The maximum absolute atomic E-state index is 7.00. The molecule has 0 saturated carbocycles. The van der Waals surface area contributed by atoms with Gasteiger partial charge in [-0.3, -0.25) is 0 Å². The second-order valence-electron chi connectivity index (χ2n) is 0.0583. The molecule has 5 heteroatoms.